The lowest BCUT2D eigenvalue weighted by Gasteiger charge is -2.05. The Bertz CT molecular complexity index is 842. The molecule has 6 nitrogen and oxygen atoms in total. The quantitative estimate of drug-likeness (QED) is 0.635. The maximum atomic E-state index is 12.5. The predicted molar refractivity (Wildman–Crippen MR) is 81.4 cm³/mol. The van der Waals surface area contributed by atoms with Crippen LogP contribution in [0.2, 0.25) is 0 Å². The molecular weight excluding hydrogens is 338 g/mol. The number of hydrogen-bond acceptors (Lipinski definition) is 7. The van der Waals surface area contributed by atoms with E-state index < -0.39 is 6.43 Å². The summed E-state index contributed by atoms with van der Waals surface area (Å²) in [5.41, 5.74) is -0.157. The van der Waals surface area contributed by atoms with Crippen LogP contribution in [0.1, 0.15) is 27.6 Å². The summed E-state index contributed by atoms with van der Waals surface area (Å²) in [6.45, 7) is 0. The van der Waals surface area contributed by atoms with Crippen molar-refractivity contribution in [2.24, 2.45) is 0 Å². The fraction of sp³-hybridized carbons (Fsp3) is 0.133. The number of hydrogen-bond donors (Lipinski definition) is 0. The topological polar surface area (TPSA) is 77.9 Å². The number of ketones is 1. The second kappa shape index (κ2) is 7.18. The summed E-state index contributed by atoms with van der Waals surface area (Å²) in [5.74, 6) is 0.485. The molecule has 3 rings (SSSR count). The summed E-state index contributed by atoms with van der Waals surface area (Å²) in [4.78, 5) is 27.6. The minimum Gasteiger partial charge on any atom is -0.454 e. The van der Waals surface area contributed by atoms with Gasteiger partial charge in [0.15, 0.2) is 11.5 Å². The van der Waals surface area contributed by atoms with Crippen LogP contribution in [0.15, 0.2) is 42.4 Å². The van der Waals surface area contributed by atoms with Crippen LogP contribution in [0, 0.1) is 0 Å². The Kier molecular flexibility index (Phi) is 4.80. The van der Waals surface area contributed by atoms with Crippen molar-refractivity contribution >= 4 is 17.1 Å². The van der Waals surface area contributed by atoms with Crippen molar-refractivity contribution in [1.29, 1.82) is 0 Å². The molecule has 3 aromatic heterocycles. The van der Waals surface area contributed by atoms with E-state index in [9.17, 15) is 13.6 Å². The lowest BCUT2D eigenvalue weighted by molar-refractivity contribution is 0.0987. The molecule has 3 aromatic rings. The molecule has 0 saturated heterocycles. The summed E-state index contributed by atoms with van der Waals surface area (Å²) in [6.07, 6.45) is 3.03. The minimum atomic E-state index is -2.65. The van der Waals surface area contributed by atoms with Crippen molar-refractivity contribution in [2.45, 2.75) is 12.8 Å². The lowest BCUT2D eigenvalue weighted by atomic mass is 10.2. The minimum absolute atomic E-state index is 0.0950. The number of alkyl halides is 2. The third-order valence-electron chi connectivity index (χ3n) is 2.89. The number of ether oxygens (including phenoxy) is 1. The van der Waals surface area contributed by atoms with Gasteiger partial charge < -0.3 is 4.74 Å². The highest BCUT2D eigenvalue weighted by Crippen LogP contribution is 2.23. The molecule has 0 bridgehead atoms. The molecule has 0 radical (unpaired) electrons. The van der Waals surface area contributed by atoms with E-state index in [0.717, 1.165) is 11.3 Å². The predicted octanol–water partition coefficient (Wildman–Crippen LogP) is 3.48. The standard InChI is InChI=1S/C15H10F2N4O2S/c16-15(17)12-7-24-14(21-12)4-13(22)11-3-9(1-2-20-11)23-10-5-18-8-19-6-10/h1-3,5-8,15H,4H2. The molecule has 0 aliphatic heterocycles. The van der Waals surface area contributed by atoms with Crippen LogP contribution >= 0.6 is 11.3 Å². The van der Waals surface area contributed by atoms with Gasteiger partial charge in [-0.25, -0.2) is 23.7 Å². The van der Waals surface area contributed by atoms with Crippen LogP contribution in [-0.2, 0) is 6.42 Å². The van der Waals surface area contributed by atoms with Gasteiger partial charge in [0.2, 0.25) is 0 Å². The van der Waals surface area contributed by atoms with E-state index in [1.165, 1.54) is 36.4 Å². The Balaban J connectivity index is 1.71. The molecule has 0 fully saturated rings. The average molecular weight is 348 g/mol. The van der Waals surface area contributed by atoms with E-state index >= 15 is 0 Å². The van der Waals surface area contributed by atoms with E-state index in [0.29, 0.717) is 16.5 Å². The highest BCUT2D eigenvalue weighted by atomic mass is 32.1. The van der Waals surface area contributed by atoms with E-state index in [-0.39, 0.29) is 23.6 Å². The molecule has 0 atom stereocenters. The molecule has 0 amide bonds. The highest BCUT2D eigenvalue weighted by Gasteiger charge is 2.16. The molecule has 9 heteroatoms. The SMILES string of the molecule is O=C(Cc1nc(C(F)F)cs1)c1cc(Oc2cncnc2)ccn1. The van der Waals surface area contributed by atoms with E-state index in [4.69, 9.17) is 4.74 Å². The number of nitrogens with zero attached hydrogens (tertiary/aromatic N) is 4. The number of aromatic nitrogens is 4. The zero-order chi connectivity index (χ0) is 16.9. The van der Waals surface area contributed by atoms with Gasteiger partial charge in [0.1, 0.15) is 28.5 Å². The van der Waals surface area contributed by atoms with Crippen molar-refractivity contribution in [3.8, 4) is 11.5 Å². The van der Waals surface area contributed by atoms with Gasteiger partial charge in [0, 0.05) is 17.6 Å². The maximum absolute atomic E-state index is 12.5. The fourth-order valence-corrected chi connectivity index (χ4v) is 2.62. The van der Waals surface area contributed by atoms with Gasteiger partial charge in [-0.05, 0) is 6.07 Å². The van der Waals surface area contributed by atoms with Crippen molar-refractivity contribution in [1.82, 2.24) is 19.9 Å². The lowest BCUT2D eigenvalue weighted by Crippen LogP contribution is -2.06. The molecule has 0 aromatic carbocycles. The number of Topliss-reactive ketones (excluding diaryl/α,β-unsaturated/α-hetero) is 1. The molecule has 0 aliphatic rings. The molecule has 0 spiro atoms. The molecular formula is C15H10F2N4O2S. The summed E-state index contributed by atoms with van der Waals surface area (Å²) in [5, 5.41) is 1.57. The Morgan fingerprint density at radius 3 is 2.75 bits per heavy atom. The Hall–Kier alpha value is -2.81. The first-order valence-electron chi connectivity index (χ1n) is 6.76. The van der Waals surface area contributed by atoms with Gasteiger partial charge >= 0.3 is 0 Å². The first-order valence-corrected chi connectivity index (χ1v) is 7.64. The second-order valence-corrected chi connectivity index (χ2v) is 5.56. The van der Waals surface area contributed by atoms with Crippen molar-refractivity contribution in [3.63, 3.8) is 0 Å². The van der Waals surface area contributed by atoms with Crippen LogP contribution in [0.5, 0.6) is 11.5 Å². The monoisotopic (exact) mass is 348 g/mol. The molecule has 24 heavy (non-hydrogen) atoms. The van der Waals surface area contributed by atoms with Crippen LogP contribution in [0.25, 0.3) is 0 Å². The largest absolute Gasteiger partial charge is 0.454 e. The highest BCUT2D eigenvalue weighted by molar-refractivity contribution is 7.09. The number of carbonyl (C=O) groups is 1. The maximum Gasteiger partial charge on any atom is 0.281 e. The fourth-order valence-electron chi connectivity index (χ4n) is 1.84. The summed E-state index contributed by atoms with van der Waals surface area (Å²) < 4.78 is 30.6. The van der Waals surface area contributed by atoms with Crippen LogP contribution in [0.4, 0.5) is 8.78 Å². The first-order chi connectivity index (χ1) is 11.6. The zero-order valence-corrected chi connectivity index (χ0v) is 12.9. The van der Waals surface area contributed by atoms with E-state index in [1.54, 1.807) is 6.07 Å². The normalized spacial score (nSPS) is 10.8. The van der Waals surface area contributed by atoms with Gasteiger partial charge in [0.25, 0.3) is 6.43 Å². The van der Waals surface area contributed by atoms with Crippen LogP contribution in [0.3, 0.4) is 0 Å². The Labute approximate surface area is 139 Å². The summed E-state index contributed by atoms with van der Waals surface area (Å²) in [7, 11) is 0. The van der Waals surface area contributed by atoms with Crippen molar-refractivity contribution in [3.05, 3.63) is 58.8 Å². The van der Waals surface area contributed by atoms with Gasteiger partial charge in [0.05, 0.1) is 18.8 Å². The zero-order valence-electron chi connectivity index (χ0n) is 12.1. The van der Waals surface area contributed by atoms with E-state index in [2.05, 4.69) is 19.9 Å². The molecule has 0 N–H and O–H groups in total. The molecule has 3 heterocycles. The molecule has 0 saturated carbocycles. The van der Waals surface area contributed by atoms with Gasteiger partial charge in [-0.1, -0.05) is 0 Å². The summed E-state index contributed by atoms with van der Waals surface area (Å²) in [6, 6.07) is 3.05. The summed E-state index contributed by atoms with van der Waals surface area (Å²) >= 11 is 1.02. The molecule has 0 unspecified atom stereocenters. The number of halogens is 2. The molecule has 122 valence electrons. The van der Waals surface area contributed by atoms with Crippen LogP contribution in [-0.4, -0.2) is 25.7 Å². The van der Waals surface area contributed by atoms with Gasteiger partial charge in [-0.15, -0.1) is 11.3 Å². The Morgan fingerprint density at radius 1 is 1.25 bits per heavy atom. The number of rotatable bonds is 6. The third kappa shape index (κ3) is 3.93. The molecule has 0 aliphatic carbocycles. The number of pyridine rings is 1. The van der Waals surface area contributed by atoms with E-state index in [1.807, 2.05) is 0 Å². The van der Waals surface area contributed by atoms with Crippen molar-refractivity contribution < 1.29 is 18.3 Å². The van der Waals surface area contributed by atoms with Gasteiger partial charge in [-0.2, -0.15) is 0 Å². The second-order valence-electron chi connectivity index (χ2n) is 4.62. The first kappa shape index (κ1) is 16.1. The average Bonchev–Trinajstić information content (AvgIpc) is 3.05. The number of thiazole rings is 1. The van der Waals surface area contributed by atoms with Crippen molar-refractivity contribution in [2.75, 3.05) is 0 Å². The smallest absolute Gasteiger partial charge is 0.281 e. The third-order valence-corrected chi connectivity index (χ3v) is 3.76. The Morgan fingerprint density at radius 2 is 2.04 bits per heavy atom. The van der Waals surface area contributed by atoms with Gasteiger partial charge in [-0.3, -0.25) is 9.78 Å². The van der Waals surface area contributed by atoms with Crippen LogP contribution < -0.4 is 4.74 Å². The number of carbonyl (C=O) groups excluding carboxylic acids is 1.